The summed E-state index contributed by atoms with van der Waals surface area (Å²) >= 11 is 0. The molecule has 0 bridgehead atoms. The van der Waals surface area contributed by atoms with E-state index in [1.54, 1.807) is 13.0 Å². The van der Waals surface area contributed by atoms with Crippen molar-refractivity contribution < 1.29 is 14.8 Å². The summed E-state index contributed by atoms with van der Waals surface area (Å²) in [5.74, 6) is -0.419. The van der Waals surface area contributed by atoms with Gasteiger partial charge in [-0.05, 0) is 43.4 Å². The molecule has 0 spiro atoms. The van der Waals surface area contributed by atoms with Crippen molar-refractivity contribution in [3.8, 4) is 0 Å². The lowest BCUT2D eigenvalue weighted by atomic mass is 9.79. The summed E-state index contributed by atoms with van der Waals surface area (Å²) in [6.45, 7) is 1.63. The van der Waals surface area contributed by atoms with Crippen LogP contribution in [-0.2, 0) is 12.0 Å². The monoisotopic (exact) mass is 340 g/mol. The van der Waals surface area contributed by atoms with Crippen molar-refractivity contribution in [3.05, 3.63) is 74.8 Å². The Morgan fingerprint density at radius 2 is 2.04 bits per heavy atom. The van der Waals surface area contributed by atoms with Crippen LogP contribution in [0, 0.1) is 17.0 Å². The maximum Gasteiger partial charge on any atom is 0.273 e. The van der Waals surface area contributed by atoms with Crippen molar-refractivity contribution in [1.29, 1.82) is 0 Å². The maximum absolute atomic E-state index is 12.5. The molecule has 1 atom stereocenters. The van der Waals surface area contributed by atoms with Gasteiger partial charge in [-0.25, -0.2) is 0 Å². The fourth-order valence-corrected chi connectivity index (χ4v) is 3.47. The number of carbonyl (C=O) groups excluding carboxylic acids is 1. The van der Waals surface area contributed by atoms with Gasteiger partial charge in [-0.3, -0.25) is 14.9 Å². The zero-order valence-corrected chi connectivity index (χ0v) is 14.0. The quantitative estimate of drug-likeness (QED) is 0.661. The van der Waals surface area contributed by atoms with E-state index in [0.29, 0.717) is 12.0 Å². The first kappa shape index (κ1) is 17.1. The number of nitrogens with zero attached hydrogens (tertiary/aromatic N) is 1. The van der Waals surface area contributed by atoms with E-state index in [0.717, 1.165) is 24.0 Å². The molecule has 0 aliphatic heterocycles. The van der Waals surface area contributed by atoms with Gasteiger partial charge in [-0.2, -0.15) is 0 Å². The molecule has 1 aliphatic carbocycles. The second-order valence-corrected chi connectivity index (χ2v) is 6.43. The molecule has 2 aromatic carbocycles. The number of nitro groups is 1. The Labute approximate surface area is 145 Å². The van der Waals surface area contributed by atoms with E-state index in [1.165, 1.54) is 12.1 Å². The Bertz CT molecular complexity index is 834. The summed E-state index contributed by atoms with van der Waals surface area (Å²) in [5, 5.41) is 24.8. The van der Waals surface area contributed by atoms with Crippen LogP contribution in [0.1, 0.15) is 39.9 Å². The third-order valence-corrected chi connectivity index (χ3v) is 4.84. The minimum absolute atomic E-state index is 0.0744. The number of aryl methyl sites for hydroxylation is 1. The van der Waals surface area contributed by atoms with Gasteiger partial charge in [-0.15, -0.1) is 0 Å². The van der Waals surface area contributed by atoms with Crippen molar-refractivity contribution in [2.24, 2.45) is 0 Å². The lowest BCUT2D eigenvalue weighted by Gasteiger charge is -2.34. The Morgan fingerprint density at radius 1 is 1.28 bits per heavy atom. The molecule has 0 radical (unpaired) electrons. The summed E-state index contributed by atoms with van der Waals surface area (Å²) in [5.41, 5.74) is 1.31. The van der Waals surface area contributed by atoms with Crippen LogP contribution in [0.2, 0.25) is 0 Å². The molecule has 130 valence electrons. The van der Waals surface area contributed by atoms with E-state index in [-0.39, 0.29) is 17.8 Å². The maximum atomic E-state index is 12.5. The molecule has 0 saturated carbocycles. The number of nitro benzene ring substituents is 1. The fraction of sp³-hybridized carbons (Fsp3) is 0.316. The zero-order valence-electron chi connectivity index (χ0n) is 14.0. The smallest absolute Gasteiger partial charge is 0.273 e. The van der Waals surface area contributed by atoms with Gasteiger partial charge in [-0.1, -0.05) is 30.3 Å². The van der Waals surface area contributed by atoms with Crippen LogP contribution in [0.5, 0.6) is 0 Å². The summed E-state index contributed by atoms with van der Waals surface area (Å²) in [6, 6.07) is 12.1. The van der Waals surface area contributed by atoms with Gasteiger partial charge >= 0.3 is 0 Å². The lowest BCUT2D eigenvalue weighted by Crippen LogP contribution is -2.43. The molecule has 2 N–H and O–H groups in total. The van der Waals surface area contributed by atoms with Crippen LogP contribution in [0.15, 0.2) is 42.5 Å². The first-order chi connectivity index (χ1) is 11.9. The molecule has 1 aliphatic rings. The van der Waals surface area contributed by atoms with E-state index >= 15 is 0 Å². The summed E-state index contributed by atoms with van der Waals surface area (Å²) in [4.78, 5) is 23.0. The van der Waals surface area contributed by atoms with Crippen LogP contribution in [0.4, 0.5) is 5.69 Å². The number of nitrogens with one attached hydrogen (secondary N) is 1. The van der Waals surface area contributed by atoms with Gasteiger partial charge in [0.2, 0.25) is 0 Å². The molecule has 0 saturated heterocycles. The topological polar surface area (TPSA) is 92.5 Å². The molecule has 3 rings (SSSR count). The largest absolute Gasteiger partial charge is 0.383 e. The number of amides is 1. The summed E-state index contributed by atoms with van der Waals surface area (Å²) in [6.07, 6.45) is 2.33. The van der Waals surface area contributed by atoms with Crippen molar-refractivity contribution in [1.82, 2.24) is 5.32 Å². The SMILES string of the molecule is Cc1c(C(=O)NCC2(O)CCCc3ccccc32)cccc1[N+](=O)[O-]. The van der Waals surface area contributed by atoms with Gasteiger partial charge in [0.25, 0.3) is 11.6 Å². The van der Waals surface area contributed by atoms with Crippen molar-refractivity contribution >= 4 is 11.6 Å². The van der Waals surface area contributed by atoms with Gasteiger partial charge in [0, 0.05) is 17.2 Å². The van der Waals surface area contributed by atoms with Crippen LogP contribution in [0.3, 0.4) is 0 Å². The minimum Gasteiger partial charge on any atom is -0.383 e. The summed E-state index contributed by atoms with van der Waals surface area (Å²) < 4.78 is 0. The third-order valence-electron chi connectivity index (χ3n) is 4.84. The number of rotatable bonds is 4. The predicted octanol–water partition coefficient (Wildman–Crippen LogP) is 2.86. The lowest BCUT2D eigenvalue weighted by molar-refractivity contribution is -0.385. The van der Waals surface area contributed by atoms with Crippen LogP contribution >= 0.6 is 0 Å². The third kappa shape index (κ3) is 3.25. The van der Waals surface area contributed by atoms with Gasteiger partial charge in [0.1, 0.15) is 5.60 Å². The fourth-order valence-electron chi connectivity index (χ4n) is 3.47. The van der Waals surface area contributed by atoms with Gasteiger partial charge in [0.05, 0.1) is 11.5 Å². The number of hydrogen-bond acceptors (Lipinski definition) is 4. The number of fused-ring (bicyclic) bond motifs is 1. The minimum atomic E-state index is -1.11. The Balaban J connectivity index is 1.80. The molecule has 0 aromatic heterocycles. The molecule has 0 heterocycles. The Hall–Kier alpha value is -2.73. The van der Waals surface area contributed by atoms with Crippen molar-refractivity contribution in [2.75, 3.05) is 6.54 Å². The molecule has 25 heavy (non-hydrogen) atoms. The number of aliphatic hydroxyl groups is 1. The van der Waals surface area contributed by atoms with Crippen molar-refractivity contribution in [2.45, 2.75) is 31.8 Å². The van der Waals surface area contributed by atoms with E-state index in [9.17, 15) is 20.0 Å². The predicted molar refractivity (Wildman–Crippen MR) is 93.4 cm³/mol. The Kier molecular flexibility index (Phi) is 4.55. The van der Waals surface area contributed by atoms with E-state index in [4.69, 9.17) is 0 Å². The number of hydrogen-bond donors (Lipinski definition) is 2. The van der Waals surface area contributed by atoms with Gasteiger partial charge in [0.15, 0.2) is 0 Å². The normalized spacial score (nSPS) is 19.1. The molecule has 6 nitrogen and oxygen atoms in total. The zero-order chi connectivity index (χ0) is 18.0. The van der Waals surface area contributed by atoms with E-state index in [1.807, 2.05) is 24.3 Å². The standard InChI is InChI=1S/C19H20N2O4/c1-13-15(8-4-10-17(13)21(24)25)18(22)20-12-19(23)11-5-7-14-6-2-3-9-16(14)19/h2-4,6,8-10,23H,5,7,11-12H2,1H3,(H,20,22). The summed E-state index contributed by atoms with van der Waals surface area (Å²) in [7, 11) is 0. The van der Waals surface area contributed by atoms with Crippen molar-refractivity contribution in [3.63, 3.8) is 0 Å². The van der Waals surface area contributed by atoms with E-state index < -0.39 is 16.4 Å². The number of benzene rings is 2. The molecule has 6 heteroatoms. The highest BCUT2D eigenvalue weighted by Crippen LogP contribution is 2.34. The highest BCUT2D eigenvalue weighted by molar-refractivity contribution is 5.96. The molecule has 0 fully saturated rings. The molecule has 2 aromatic rings. The average Bonchev–Trinajstić information content (AvgIpc) is 2.60. The molecular formula is C19H20N2O4. The van der Waals surface area contributed by atoms with Crippen LogP contribution < -0.4 is 5.32 Å². The second kappa shape index (κ2) is 6.64. The molecular weight excluding hydrogens is 320 g/mol. The highest BCUT2D eigenvalue weighted by Gasteiger charge is 2.34. The molecule has 1 amide bonds. The Morgan fingerprint density at radius 3 is 2.80 bits per heavy atom. The average molecular weight is 340 g/mol. The molecule has 1 unspecified atom stereocenters. The van der Waals surface area contributed by atoms with E-state index in [2.05, 4.69) is 5.32 Å². The number of carbonyl (C=O) groups is 1. The first-order valence-corrected chi connectivity index (χ1v) is 8.25. The van der Waals surface area contributed by atoms with Gasteiger partial charge < -0.3 is 10.4 Å². The first-order valence-electron chi connectivity index (χ1n) is 8.25. The second-order valence-electron chi connectivity index (χ2n) is 6.43. The van der Waals surface area contributed by atoms with Crippen LogP contribution in [-0.4, -0.2) is 22.5 Å². The highest BCUT2D eigenvalue weighted by atomic mass is 16.6. The van der Waals surface area contributed by atoms with Crippen LogP contribution in [0.25, 0.3) is 0 Å².